The zero-order valence-corrected chi connectivity index (χ0v) is 19.5. The molecule has 0 radical (unpaired) electrons. The van der Waals surface area contributed by atoms with Gasteiger partial charge < -0.3 is 9.47 Å². The second-order valence-electron chi connectivity index (χ2n) is 8.94. The van der Waals surface area contributed by atoms with Crippen LogP contribution in [0, 0.1) is 13.8 Å². The Morgan fingerprint density at radius 1 is 0.969 bits per heavy atom. The van der Waals surface area contributed by atoms with Crippen LogP contribution in [0.3, 0.4) is 0 Å². The maximum atomic E-state index is 12.7. The molecule has 4 heteroatoms. The van der Waals surface area contributed by atoms with E-state index in [0.717, 1.165) is 33.6 Å². The van der Waals surface area contributed by atoms with Crippen LogP contribution in [-0.4, -0.2) is 24.6 Å². The summed E-state index contributed by atoms with van der Waals surface area (Å²) >= 11 is 0. The predicted octanol–water partition coefficient (Wildman–Crippen LogP) is 6.80. The van der Waals surface area contributed by atoms with Crippen molar-refractivity contribution in [3.05, 3.63) is 88.5 Å². The van der Waals surface area contributed by atoms with Crippen LogP contribution in [0.2, 0.25) is 0 Å². The van der Waals surface area contributed by atoms with Crippen molar-refractivity contribution in [2.75, 3.05) is 13.7 Å². The highest BCUT2D eigenvalue weighted by atomic mass is 16.6. The molecule has 0 N–H and O–H groups in total. The number of methoxy groups -OCH3 is 1. The Kier molecular flexibility index (Phi) is 6.22. The van der Waals surface area contributed by atoms with Crippen molar-refractivity contribution in [1.82, 2.24) is 4.90 Å². The van der Waals surface area contributed by atoms with Crippen LogP contribution in [0.25, 0.3) is 11.1 Å². The third kappa shape index (κ3) is 4.50. The molecule has 1 atom stereocenters. The zero-order valence-electron chi connectivity index (χ0n) is 19.5. The van der Waals surface area contributed by atoms with Crippen LogP contribution in [0.4, 0.5) is 4.79 Å². The van der Waals surface area contributed by atoms with Gasteiger partial charge in [-0.05, 0) is 54.2 Å². The monoisotopic (exact) mass is 429 g/mol. The van der Waals surface area contributed by atoms with Crippen molar-refractivity contribution < 1.29 is 14.3 Å². The number of rotatable bonds is 6. The third-order valence-corrected chi connectivity index (χ3v) is 6.14. The zero-order chi connectivity index (χ0) is 22.8. The first kappa shape index (κ1) is 21.9. The topological polar surface area (TPSA) is 38.8 Å². The summed E-state index contributed by atoms with van der Waals surface area (Å²) in [5.74, 6) is 1.25. The molecule has 3 aromatic carbocycles. The molecule has 0 aliphatic carbocycles. The number of benzene rings is 3. The molecule has 0 saturated carbocycles. The van der Waals surface area contributed by atoms with E-state index < -0.39 is 0 Å². The molecule has 1 heterocycles. The molecule has 4 nitrogen and oxygen atoms in total. The van der Waals surface area contributed by atoms with Crippen molar-refractivity contribution in [3.8, 4) is 16.9 Å². The van der Waals surface area contributed by atoms with Gasteiger partial charge in [0.25, 0.3) is 0 Å². The van der Waals surface area contributed by atoms with Crippen molar-refractivity contribution in [2.24, 2.45) is 0 Å². The van der Waals surface area contributed by atoms with Crippen LogP contribution in [0.1, 0.15) is 53.7 Å². The summed E-state index contributed by atoms with van der Waals surface area (Å²) in [6, 6.07) is 20.9. The summed E-state index contributed by atoms with van der Waals surface area (Å²) in [5.41, 5.74) is 7.86. The van der Waals surface area contributed by atoms with Crippen molar-refractivity contribution in [1.29, 1.82) is 0 Å². The van der Waals surface area contributed by atoms with E-state index in [0.29, 0.717) is 19.0 Å². The van der Waals surface area contributed by atoms with Gasteiger partial charge in [-0.15, -0.1) is 0 Å². The largest absolute Gasteiger partial charge is 0.496 e. The predicted molar refractivity (Wildman–Crippen MR) is 128 cm³/mol. The molecule has 0 bridgehead atoms. The van der Waals surface area contributed by atoms with Gasteiger partial charge in [-0.2, -0.15) is 0 Å². The van der Waals surface area contributed by atoms with Crippen LogP contribution in [0.15, 0.2) is 60.7 Å². The average Bonchev–Trinajstić information content (AvgIpc) is 3.14. The number of aryl methyl sites for hydroxylation is 2. The molecule has 1 saturated heterocycles. The maximum Gasteiger partial charge on any atom is 0.410 e. The average molecular weight is 430 g/mol. The van der Waals surface area contributed by atoms with Gasteiger partial charge in [0.15, 0.2) is 0 Å². The molecule has 0 spiro atoms. The molecule has 1 fully saturated rings. The number of nitrogens with zero attached hydrogens (tertiary/aromatic N) is 1. The van der Waals surface area contributed by atoms with Gasteiger partial charge in [0.1, 0.15) is 11.9 Å². The van der Waals surface area contributed by atoms with Crippen LogP contribution in [0.5, 0.6) is 5.75 Å². The van der Waals surface area contributed by atoms with Gasteiger partial charge in [0, 0.05) is 12.1 Å². The quantitative estimate of drug-likeness (QED) is 0.433. The Morgan fingerprint density at radius 3 is 2.38 bits per heavy atom. The normalized spacial score (nSPS) is 15.9. The lowest BCUT2D eigenvalue weighted by Crippen LogP contribution is -2.24. The Labute approximate surface area is 190 Å². The van der Waals surface area contributed by atoms with Crippen molar-refractivity contribution >= 4 is 6.09 Å². The van der Waals surface area contributed by atoms with E-state index in [1.165, 1.54) is 11.1 Å². The first-order valence-electron chi connectivity index (χ1n) is 11.2. The Balaban J connectivity index is 1.66. The molecule has 32 heavy (non-hydrogen) atoms. The fourth-order valence-corrected chi connectivity index (χ4v) is 4.21. The Morgan fingerprint density at radius 2 is 1.69 bits per heavy atom. The maximum absolute atomic E-state index is 12.7. The highest BCUT2D eigenvalue weighted by Crippen LogP contribution is 2.37. The second-order valence-corrected chi connectivity index (χ2v) is 8.94. The first-order valence-corrected chi connectivity index (χ1v) is 11.2. The van der Waals surface area contributed by atoms with E-state index in [1.807, 2.05) is 18.2 Å². The summed E-state index contributed by atoms with van der Waals surface area (Å²) in [7, 11) is 1.70. The number of cyclic esters (lactones) is 1. The van der Waals surface area contributed by atoms with E-state index in [2.05, 4.69) is 70.2 Å². The molecular weight excluding hydrogens is 398 g/mol. The van der Waals surface area contributed by atoms with Gasteiger partial charge in [-0.3, -0.25) is 4.90 Å². The lowest BCUT2D eigenvalue weighted by molar-refractivity contribution is 0.132. The number of ether oxygens (including phenoxy) is 2. The van der Waals surface area contributed by atoms with Gasteiger partial charge in [0.05, 0.1) is 13.7 Å². The summed E-state index contributed by atoms with van der Waals surface area (Å²) in [6.07, 6.45) is -0.513. The summed E-state index contributed by atoms with van der Waals surface area (Å²) in [5, 5.41) is 0. The van der Waals surface area contributed by atoms with E-state index in [9.17, 15) is 4.79 Å². The third-order valence-electron chi connectivity index (χ3n) is 6.14. The lowest BCUT2D eigenvalue weighted by Gasteiger charge is -2.19. The summed E-state index contributed by atoms with van der Waals surface area (Å²) < 4.78 is 11.4. The van der Waals surface area contributed by atoms with Gasteiger partial charge >= 0.3 is 6.09 Å². The van der Waals surface area contributed by atoms with E-state index in [-0.39, 0.29) is 12.2 Å². The molecule has 3 aromatic rings. The van der Waals surface area contributed by atoms with Crippen molar-refractivity contribution in [3.63, 3.8) is 0 Å². The smallest absolute Gasteiger partial charge is 0.410 e. The number of amides is 1. The molecule has 1 aliphatic rings. The molecule has 1 amide bonds. The minimum absolute atomic E-state index is 0.241. The number of hydrogen-bond donors (Lipinski definition) is 0. The highest BCUT2D eigenvalue weighted by molar-refractivity contribution is 5.76. The molecular formula is C28H31NO3. The standard InChI is InChI=1S/C28H31NO3/c1-18(2)22-11-13-26(31-5)25(15-22)24-12-8-20(4)14-23(24)16-29-17-27(32-28(29)30)21-9-6-19(3)7-10-21/h6-15,18,27H,16-17H2,1-5H3. The fraction of sp³-hybridized carbons (Fsp3) is 0.321. The van der Waals surface area contributed by atoms with Gasteiger partial charge in [-0.1, -0.05) is 73.5 Å². The minimum atomic E-state index is -0.272. The summed E-state index contributed by atoms with van der Waals surface area (Å²) in [4.78, 5) is 14.5. The van der Waals surface area contributed by atoms with Crippen LogP contribution >= 0.6 is 0 Å². The molecule has 1 unspecified atom stereocenters. The van der Waals surface area contributed by atoms with Gasteiger partial charge in [-0.25, -0.2) is 4.79 Å². The van der Waals surface area contributed by atoms with E-state index in [4.69, 9.17) is 9.47 Å². The van der Waals surface area contributed by atoms with E-state index in [1.54, 1.807) is 12.0 Å². The molecule has 1 aliphatic heterocycles. The summed E-state index contributed by atoms with van der Waals surface area (Å²) in [6.45, 7) is 9.54. The lowest BCUT2D eigenvalue weighted by atomic mass is 9.92. The van der Waals surface area contributed by atoms with Crippen LogP contribution < -0.4 is 4.74 Å². The number of carbonyl (C=O) groups excluding carboxylic acids is 1. The fourth-order valence-electron chi connectivity index (χ4n) is 4.21. The van der Waals surface area contributed by atoms with Crippen LogP contribution in [-0.2, 0) is 11.3 Å². The van der Waals surface area contributed by atoms with Gasteiger partial charge in [0.2, 0.25) is 0 Å². The first-order chi connectivity index (χ1) is 15.4. The number of carbonyl (C=O) groups is 1. The molecule has 4 rings (SSSR count). The SMILES string of the molecule is COc1ccc(C(C)C)cc1-c1ccc(C)cc1CN1CC(c2ccc(C)cc2)OC1=O. The van der Waals surface area contributed by atoms with Crippen molar-refractivity contribution in [2.45, 2.75) is 46.3 Å². The molecule has 0 aromatic heterocycles. The Bertz CT molecular complexity index is 1120. The minimum Gasteiger partial charge on any atom is -0.496 e. The van der Waals surface area contributed by atoms with E-state index >= 15 is 0 Å². The highest BCUT2D eigenvalue weighted by Gasteiger charge is 2.32. The molecule has 166 valence electrons. The number of hydrogen-bond acceptors (Lipinski definition) is 3. The second kappa shape index (κ2) is 9.07. The Hall–Kier alpha value is -3.27.